The van der Waals surface area contributed by atoms with Crippen molar-refractivity contribution in [1.29, 1.82) is 0 Å². The molecule has 3 aromatic heterocycles. The van der Waals surface area contributed by atoms with E-state index < -0.39 is 43.7 Å². The van der Waals surface area contributed by atoms with Crippen LogP contribution in [0, 0.1) is 17.5 Å². The van der Waals surface area contributed by atoms with Crippen LogP contribution in [0.1, 0.15) is 18.9 Å². The number of aromatic nitrogens is 4. The number of benzene rings is 2. The zero-order valence-electron chi connectivity index (χ0n) is 25.0. The molecule has 0 spiro atoms. The Morgan fingerprint density at radius 3 is 2.36 bits per heavy atom. The average molecular weight is 686 g/mol. The predicted octanol–water partition coefficient (Wildman–Crippen LogP) is 6.67. The van der Waals surface area contributed by atoms with Gasteiger partial charge in [0.15, 0.2) is 10.6 Å². The predicted molar refractivity (Wildman–Crippen MR) is 170 cm³/mol. The van der Waals surface area contributed by atoms with E-state index in [4.69, 9.17) is 4.74 Å². The molecule has 10 nitrogen and oxygen atoms in total. The second kappa shape index (κ2) is 12.8. The zero-order valence-corrected chi connectivity index (χ0v) is 26.6. The minimum absolute atomic E-state index is 0.0819. The summed E-state index contributed by atoms with van der Waals surface area (Å²) in [5.41, 5.74) is -1.13. The number of morpholine rings is 1. The van der Waals surface area contributed by atoms with Crippen molar-refractivity contribution in [1.82, 2.24) is 19.9 Å². The fraction of sp³-hybridized carbons (Fsp3) is 0.226. The van der Waals surface area contributed by atoms with Crippen LogP contribution in [-0.2, 0) is 20.4 Å². The topological polar surface area (TPSA) is 122 Å². The van der Waals surface area contributed by atoms with Gasteiger partial charge in [0.1, 0.15) is 28.3 Å². The number of nitrogens with zero attached hydrogens (tertiary/aromatic N) is 5. The Morgan fingerprint density at radius 1 is 0.936 bits per heavy atom. The van der Waals surface area contributed by atoms with Crippen LogP contribution < -0.4 is 14.9 Å². The first-order valence-electron chi connectivity index (χ1n) is 14.3. The Morgan fingerprint density at radius 2 is 1.68 bits per heavy atom. The van der Waals surface area contributed by atoms with Crippen molar-refractivity contribution in [3.63, 3.8) is 0 Å². The van der Waals surface area contributed by atoms with Crippen molar-refractivity contribution in [2.75, 3.05) is 41.2 Å². The molecule has 1 aliphatic heterocycles. The third-order valence-electron chi connectivity index (χ3n) is 7.03. The summed E-state index contributed by atoms with van der Waals surface area (Å²) in [5.74, 6) is -2.68. The maximum Gasteiger partial charge on any atom is 0.267 e. The lowest BCUT2D eigenvalue weighted by Crippen LogP contribution is -2.36. The molecule has 2 N–H and O–H groups in total. The smallest absolute Gasteiger partial charge is 0.267 e. The maximum absolute atomic E-state index is 15.2. The van der Waals surface area contributed by atoms with Gasteiger partial charge >= 0.3 is 0 Å². The highest BCUT2D eigenvalue weighted by molar-refractivity contribution is 7.92. The van der Waals surface area contributed by atoms with Crippen LogP contribution in [0.5, 0.6) is 0 Å². The van der Waals surface area contributed by atoms with Gasteiger partial charge in [0.25, 0.3) is 10.0 Å². The molecular formula is C31H27F4N7O3S2. The Bertz CT molecular complexity index is 2010. The molecule has 1 aliphatic rings. The Kier molecular flexibility index (Phi) is 8.82. The molecule has 0 bridgehead atoms. The largest absolute Gasteiger partial charge is 0.378 e. The molecule has 6 rings (SSSR count). The molecule has 2 aromatic carbocycles. The number of halogens is 4. The molecule has 0 amide bonds. The summed E-state index contributed by atoms with van der Waals surface area (Å²) < 4.78 is 91.8. The quantitative estimate of drug-likeness (QED) is 0.164. The van der Waals surface area contributed by atoms with Crippen LogP contribution in [0.4, 0.5) is 40.7 Å². The minimum atomic E-state index is -4.88. The second-order valence-corrected chi connectivity index (χ2v) is 13.5. The number of pyridine rings is 1. The van der Waals surface area contributed by atoms with E-state index in [2.05, 4.69) is 30.2 Å². The van der Waals surface area contributed by atoms with Gasteiger partial charge in [-0.2, -0.15) is 0 Å². The molecule has 0 saturated carbocycles. The normalized spacial score (nSPS) is 13.9. The monoisotopic (exact) mass is 685 g/mol. The van der Waals surface area contributed by atoms with Crippen LogP contribution in [0.2, 0.25) is 0 Å². The highest BCUT2D eigenvalue weighted by Gasteiger charge is 2.29. The second-order valence-electron chi connectivity index (χ2n) is 10.9. The van der Waals surface area contributed by atoms with Crippen LogP contribution >= 0.6 is 11.3 Å². The number of nitrogens with one attached hydrogen (secondary N) is 2. The SMILES string of the molecule is CC(C)(F)c1nc(-c2ccc(F)c(NS(=O)(=O)c3c(F)cccc3F)c2)c(-c2ccnc(Nc3ccc(N4CCOCC4)nc3)n2)s1. The molecule has 5 aromatic rings. The molecule has 0 atom stereocenters. The van der Waals surface area contributed by atoms with Crippen LogP contribution in [0.25, 0.3) is 21.8 Å². The van der Waals surface area contributed by atoms with Gasteiger partial charge in [-0.3, -0.25) is 4.72 Å². The fourth-order valence-electron chi connectivity index (χ4n) is 4.74. The van der Waals surface area contributed by atoms with E-state index in [9.17, 15) is 21.6 Å². The minimum Gasteiger partial charge on any atom is -0.378 e. The molecule has 47 heavy (non-hydrogen) atoms. The number of sulfonamides is 1. The summed E-state index contributed by atoms with van der Waals surface area (Å²) in [6.07, 6.45) is 3.15. The van der Waals surface area contributed by atoms with E-state index in [1.54, 1.807) is 12.3 Å². The third kappa shape index (κ3) is 7.03. The van der Waals surface area contributed by atoms with Gasteiger partial charge in [0, 0.05) is 24.8 Å². The van der Waals surface area contributed by atoms with E-state index in [-0.39, 0.29) is 22.2 Å². The van der Waals surface area contributed by atoms with Gasteiger partial charge < -0.3 is 15.0 Å². The first-order chi connectivity index (χ1) is 22.4. The number of alkyl halides is 1. The van der Waals surface area contributed by atoms with E-state index in [1.165, 1.54) is 26.1 Å². The number of thiazole rings is 1. The Hall–Kier alpha value is -4.67. The van der Waals surface area contributed by atoms with E-state index in [0.717, 1.165) is 60.6 Å². The van der Waals surface area contributed by atoms with Crippen LogP contribution in [-0.4, -0.2) is 54.7 Å². The molecule has 1 fully saturated rings. The fourth-order valence-corrected chi connectivity index (χ4v) is 6.99. The maximum atomic E-state index is 15.2. The van der Waals surface area contributed by atoms with Gasteiger partial charge in [0.05, 0.1) is 47.1 Å². The van der Waals surface area contributed by atoms with Gasteiger partial charge in [-0.1, -0.05) is 6.07 Å². The molecule has 4 heterocycles. The lowest BCUT2D eigenvalue weighted by molar-refractivity contribution is 0.122. The molecule has 0 unspecified atom stereocenters. The molecule has 1 saturated heterocycles. The van der Waals surface area contributed by atoms with Crippen LogP contribution in [0.15, 0.2) is 71.9 Å². The molecule has 16 heteroatoms. The number of anilines is 4. The number of hydrogen-bond donors (Lipinski definition) is 2. The number of rotatable bonds is 9. The molecule has 0 radical (unpaired) electrons. The van der Waals surface area contributed by atoms with E-state index >= 15 is 4.39 Å². The first kappa shape index (κ1) is 32.3. The van der Waals surface area contributed by atoms with Gasteiger partial charge in [-0.25, -0.2) is 45.9 Å². The lowest BCUT2D eigenvalue weighted by Gasteiger charge is -2.27. The van der Waals surface area contributed by atoms with Crippen molar-refractivity contribution in [2.45, 2.75) is 24.4 Å². The summed E-state index contributed by atoms with van der Waals surface area (Å²) in [7, 11) is -4.88. The molecule has 244 valence electrons. The molecule has 0 aliphatic carbocycles. The van der Waals surface area contributed by atoms with Crippen molar-refractivity contribution < 1.29 is 30.7 Å². The van der Waals surface area contributed by atoms with Crippen molar-refractivity contribution in [3.8, 4) is 21.8 Å². The first-order valence-corrected chi connectivity index (χ1v) is 16.6. The number of ether oxygens (including phenoxy) is 1. The summed E-state index contributed by atoms with van der Waals surface area (Å²) in [6, 6.07) is 11.3. The average Bonchev–Trinajstić information content (AvgIpc) is 3.50. The lowest BCUT2D eigenvalue weighted by atomic mass is 10.1. The molecular weight excluding hydrogens is 659 g/mol. The number of hydrogen-bond acceptors (Lipinski definition) is 10. The summed E-state index contributed by atoms with van der Waals surface area (Å²) >= 11 is 1.01. The highest BCUT2D eigenvalue weighted by atomic mass is 32.2. The highest BCUT2D eigenvalue weighted by Crippen LogP contribution is 2.42. The van der Waals surface area contributed by atoms with Gasteiger partial charge in [-0.05, 0) is 62.4 Å². The standard InChI is InChI=1S/C31H27F4N7O3S2/c1-31(2,35)29-40-26(18-6-8-20(32)24(16-18)41-47(43,44)28-21(33)4-3-5-22(28)34)27(46-29)23-10-11-36-30(39-23)38-19-7-9-25(37-17-19)42-12-14-45-15-13-42/h3-11,16-17,41H,12-15H2,1-2H3,(H,36,38,39). The summed E-state index contributed by atoms with van der Waals surface area (Å²) in [6.45, 7) is 5.40. The zero-order chi connectivity index (χ0) is 33.3. The van der Waals surface area contributed by atoms with Gasteiger partial charge in [0.2, 0.25) is 5.95 Å². The van der Waals surface area contributed by atoms with Crippen molar-refractivity contribution in [2.24, 2.45) is 0 Å². The Labute approximate surface area is 271 Å². The van der Waals surface area contributed by atoms with Crippen LogP contribution in [0.3, 0.4) is 0 Å². The van der Waals surface area contributed by atoms with Crippen molar-refractivity contribution in [3.05, 3.63) is 89.5 Å². The summed E-state index contributed by atoms with van der Waals surface area (Å²) in [5, 5.41) is 3.18. The van der Waals surface area contributed by atoms with Gasteiger partial charge in [-0.15, -0.1) is 11.3 Å². The Balaban J connectivity index is 1.33. The summed E-state index contributed by atoms with van der Waals surface area (Å²) in [4.78, 5) is 19.1. The third-order valence-corrected chi connectivity index (χ3v) is 9.83. The van der Waals surface area contributed by atoms with E-state index in [0.29, 0.717) is 29.5 Å². The van der Waals surface area contributed by atoms with E-state index in [1.807, 2.05) is 16.9 Å². The van der Waals surface area contributed by atoms with Crippen molar-refractivity contribution >= 4 is 44.5 Å².